The van der Waals surface area contributed by atoms with Gasteiger partial charge in [-0.25, -0.2) is 19.6 Å². The smallest absolute Gasteiger partial charge is 0.339 e. The molecule has 0 atom stereocenters. The first-order chi connectivity index (χ1) is 16.2. The number of aryl methyl sites for hydroxylation is 2. The number of hydrogen-bond donors (Lipinski definition) is 2. The number of fused-ring (bicyclic) bond motifs is 1. The monoisotopic (exact) mass is 478 g/mol. The first-order valence-electron chi connectivity index (χ1n) is 10.1. The predicted octanol–water partition coefficient (Wildman–Crippen LogP) is 4.43. The summed E-state index contributed by atoms with van der Waals surface area (Å²) in [6.45, 7) is 3.77. The molecule has 2 aromatic heterocycles. The van der Waals surface area contributed by atoms with Crippen LogP contribution in [0.5, 0.6) is 0 Å². The van der Waals surface area contributed by atoms with Crippen molar-refractivity contribution in [3.63, 3.8) is 0 Å². The first-order valence-corrected chi connectivity index (χ1v) is 10.5. The number of benzene rings is 2. The van der Waals surface area contributed by atoms with Crippen molar-refractivity contribution in [3.8, 4) is 5.69 Å². The Morgan fingerprint density at radius 2 is 1.71 bits per heavy atom. The summed E-state index contributed by atoms with van der Waals surface area (Å²) < 4.78 is 6.75. The minimum atomic E-state index is -1.17. The van der Waals surface area contributed by atoms with E-state index in [2.05, 4.69) is 15.3 Å². The fourth-order valence-corrected chi connectivity index (χ4v) is 4.01. The van der Waals surface area contributed by atoms with Crippen LogP contribution in [0.1, 0.15) is 42.5 Å². The van der Waals surface area contributed by atoms with Gasteiger partial charge < -0.3 is 14.4 Å². The molecule has 0 spiro atoms. The maximum Gasteiger partial charge on any atom is 0.339 e. The third-order valence-corrected chi connectivity index (χ3v) is 5.59. The summed E-state index contributed by atoms with van der Waals surface area (Å²) in [5.41, 5.74) is 3.01. The summed E-state index contributed by atoms with van der Waals surface area (Å²) >= 11 is 6.22. The average molecular weight is 479 g/mol. The molecule has 9 nitrogen and oxygen atoms in total. The van der Waals surface area contributed by atoms with Crippen LogP contribution in [0.2, 0.25) is 5.15 Å². The summed E-state index contributed by atoms with van der Waals surface area (Å²) in [5, 5.41) is 12.0. The number of aromatic nitrogens is 3. The van der Waals surface area contributed by atoms with Gasteiger partial charge in [-0.15, -0.1) is 0 Å². The van der Waals surface area contributed by atoms with Crippen molar-refractivity contribution in [1.29, 1.82) is 0 Å². The lowest BCUT2D eigenvalue weighted by Crippen LogP contribution is -2.17. The van der Waals surface area contributed by atoms with E-state index in [9.17, 15) is 19.5 Å². The Balaban J connectivity index is 1.74. The van der Waals surface area contributed by atoms with Gasteiger partial charge in [0, 0.05) is 17.0 Å². The van der Waals surface area contributed by atoms with Crippen LogP contribution in [0.4, 0.5) is 5.95 Å². The molecule has 4 aromatic rings. The zero-order valence-corrected chi connectivity index (χ0v) is 19.2. The number of ether oxygens (including phenoxy) is 1. The molecule has 0 radical (unpaired) electrons. The maximum atomic E-state index is 13.0. The number of amides is 1. The topological polar surface area (TPSA) is 123 Å². The largest absolute Gasteiger partial charge is 0.478 e. The van der Waals surface area contributed by atoms with Gasteiger partial charge in [-0.05, 0) is 56.3 Å². The van der Waals surface area contributed by atoms with Gasteiger partial charge >= 0.3 is 11.9 Å². The van der Waals surface area contributed by atoms with Gasteiger partial charge in [-0.3, -0.25) is 10.1 Å². The van der Waals surface area contributed by atoms with E-state index in [4.69, 9.17) is 16.3 Å². The molecule has 0 aliphatic heterocycles. The van der Waals surface area contributed by atoms with E-state index in [1.807, 2.05) is 30.5 Å². The molecule has 2 aromatic carbocycles. The van der Waals surface area contributed by atoms with Gasteiger partial charge in [0.05, 0.1) is 34.8 Å². The van der Waals surface area contributed by atoms with Gasteiger partial charge in [-0.2, -0.15) is 0 Å². The summed E-state index contributed by atoms with van der Waals surface area (Å²) in [4.78, 5) is 45.1. The van der Waals surface area contributed by atoms with Gasteiger partial charge in [0.1, 0.15) is 5.15 Å². The van der Waals surface area contributed by atoms with Crippen LogP contribution in [0, 0.1) is 13.8 Å². The lowest BCUT2D eigenvalue weighted by Gasteiger charge is -2.15. The van der Waals surface area contributed by atoms with Crippen molar-refractivity contribution in [2.24, 2.45) is 0 Å². The lowest BCUT2D eigenvalue weighted by atomic mass is 10.1. The molecule has 2 N–H and O–H groups in total. The molecule has 0 saturated carbocycles. The Labute approximate surface area is 199 Å². The number of halogens is 1. The van der Waals surface area contributed by atoms with Crippen LogP contribution < -0.4 is 5.32 Å². The van der Waals surface area contributed by atoms with Crippen molar-refractivity contribution in [1.82, 2.24) is 14.5 Å². The van der Waals surface area contributed by atoms with Crippen molar-refractivity contribution in [3.05, 3.63) is 81.8 Å². The average Bonchev–Trinajstić information content (AvgIpc) is 3.15. The van der Waals surface area contributed by atoms with Crippen molar-refractivity contribution in [2.75, 3.05) is 12.4 Å². The second-order valence-electron chi connectivity index (χ2n) is 7.47. The molecule has 34 heavy (non-hydrogen) atoms. The molecule has 0 unspecified atom stereocenters. The van der Waals surface area contributed by atoms with E-state index in [-0.39, 0.29) is 33.1 Å². The second kappa shape index (κ2) is 8.95. The Hall–Kier alpha value is -4.24. The summed E-state index contributed by atoms with van der Waals surface area (Å²) in [7, 11) is 1.29. The molecule has 0 fully saturated rings. The van der Waals surface area contributed by atoms with E-state index in [1.165, 1.54) is 31.4 Å². The number of carboxylic acid groups (broad SMARTS) is 1. The van der Waals surface area contributed by atoms with Crippen LogP contribution in [-0.4, -0.2) is 44.6 Å². The van der Waals surface area contributed by atoms with Crippen LogP contribution >= 0.6 is 11.6 Å². The number of carboxylic acids is 1. The molecule has 0 aliphatic rings. The Bertz CT molecular complexity index is 1460. The van der Waals surface area contributed by atoms with Gasteiger partial charge in [0.2, 0.25) is 5.95 Å². The van der Waals surface area contributed by atoms with Crippen molar-refractivity contribution < 1.29 is 24.2 Å². The Morgan fingerprint density at radius 1 is 1.00 bits per heavy atom. The van der Waals surface area contributed by atoms with Crippen LogP contribution in [0.15, 0.2) is 48.5 Å². The number of aromatic carboxylic acids is 1. The predicted molar refractivity (Wildman–Crippen MR) is 126 cm³/mol. The van der Waals surface area contributed by atoms with E-state index in [1.54, 1.807) is 12.1 Å². The Morgan fingerprint density at radius 3 is 2.35 bits per heavy atom. The molecule has 0 bridgehead atoms. The minimum absolute atomic E-state index is 0.0409. The van der Waals surface area contributed by atoms with E-state index in [0.717, 1.165) is 11.4 Å². The number of carbonyl (C=O) groups is 3. The zero-order chi connectivity index (χ0) is 24.6. The number of methoxy groups -OCH3 is 1. The van der Waals surface area contributed by atoms with Gasteiger partial charge in [0.15, 0.2) is 0 Å². The zero-order valence-electron chi connectivity index (χ0n) is 18.4. The van der Waals surface area contributed by atoms with Crippen molar-refractivity contribution >= 4 is 46.3 Å². The minimum Gasteiger partial charge on any atom is -0.478 e. The van der Waals surface area contributed by atoms with E-state index < -0.39 is 17.8 Å². The summed E-state index contributed by atoms with van der Waals surface area (Å²) in [6.07, 6.45) is 0. The normalized spacial score (nSPS) is 10.8. The highest BCUT2D eigenvalue weighted by molar-refractivity contribution is 6.35. The van der Waals surface area contributed by atoms with E-state index >= 15 is 0 Å². The fraction of sp³-hybridized carbons (Fsp3) is 0.125. The highest BCUT2D eigenvalue weighted by Gasteiger charge is 2.20. The Kier molecular flexibility index (Phi) is 6.04. The quantitative estimate of drug-likeness (QED) is 0.321. The van der Waals surface area contributed by atoms with Crippen LogP contribution in [0.3, 0.4) is 0 Å². The molecule has 10 heteroatoms. The number of nitrogens with zero attached hydrogens (tertiary/aromatic N) is 3. The third-order valence-electron chi connectivity index (χ3n) is 5.31. The van der Waals surface area contributed by atoms with Crippen LogP contribution in [0.25, 0.3) is 16.6 Å². The van der Waals surface area contributed by atoms with Gasteiger partial charge in [-0.1, -0.05) is 17.7 Å². The highest BCUT2D eigenvalue weighted by Crippen LogP contribution is 2.27. The molecular formula is C24H19ClN4O5. The molecule has 172 valence electrons. The lowest BCUT2D eigenvalue weighted by molar-refractivity contribution is 0.0599. The maximum absolute atomic E-state index is 13.0. The van der Waals surface area contributed by atoms with Gasteiger partial charge in [0.25, 0.3) is 5.91 Å². The number of carbonyl (C=O) groups excluding carboxylic acids is 2. The second-order valence-corrected chi connectivity index (χ2v) is 7.83. The van der Waals surface area contributed by atoms with Crippen molar-refractivity contribution in [2.45, 2.75) is 13.8 Å². The molecule has 4 rings (SSSR count). The molecular weight excluding hydrogens is 460 g/mol. The number of nitrogens with one attached hydrogen (secondary N) is 1. The summed E-state index contributed by atoms with van der Waals surface area (Å²) in [5.74, 6) is -2.32. The SMILES string of the molecule is COC(=O)c1ccc(C(=O)Nc2nc(Cl)c3c(C(=O)O)cccc3n2)cc1-n1c(C)ccc1C. The van der Waals surface area contributed by atoms with E-state index in [0.29, 0.717) is 11.3 Å². The highest BCUT2D eigenvalue weighted by atomic mass is 35.5. The number of rotatable bonds is 5. The summed E-state index contributed by atoms with van der Waals surface area (Å²) in [6, 6.07) is 12.9. The number of esters is 1. The third kappa shape index (κ3) is 4.08. The number of hydrogen-bond acceptors (Lipinski definition) is 6. The standard InChI is InChI=1S/C24H19ClN4O5/c1-12-7-8-13(2)29(12)18-11-14(9-10-15(18)23(33)34-3)21(30)28-24-26-17-6-4-5-16(22(31)32)19(17)20(25)27-24/h4-11H,1-3H3,(H,31,32)(H,26,27,28,30). The fourth-order valence-electron chi connectivity index (χ4n) is 3.73. The molecule has 1 amide bonds. The molecule has 2 heterocycles. The number of anilines is 1. The first kappa shape index (κ1) is 22.9. The molecule has 0 aliphatic carbocycles. The molecule has 0 saturated heterocycles. The van der Waals surface area contributed by atoms with Crippen LogP contribution in [-0.2, 0) is 4.74 Å².